The molecule has 0 aliphatic carbocycles. The van der Waals surface area contributed by atoms with Gasteiger partial charge in [0.15, 0.2) is 5.65 Å². The Hall–Kier alpha value is -2.15. The third kappa shape index (κ3) is 3.79. The maximum atomic E-state index is 12.5. The number of carbonyl (C=O) groups excluding carboxylic acids is 1. The van der Waals surface area contributed by atoms with Crippen LogP contribution in [0.2, 0.25) is 0 Å². The van der Waals surface area contributed by atoms with E-state index >= 15 is 0 Å². The summed E-state index contributed by atoms with van der Waals surface area (Å²) in [6.07, 6.45) is 0.137. The van der Waals surface area contributed by atoms with Crippen LogP contribution in [-0.2, 0) is 7.05 Å². The largest absolute Gasteiger partial charge is 0.393 e. The van der Waals surface area contributed by atoms with Crippen molar-refractivity contribution in [1.29, 1.82) is 0 Å². The number of nitrogens with one attached hydrogen (secondary N) is 2. The molecule has 0 aliphatic heterocycles. The standard InChI is InChI=1S/C16H24N4O3/c1-9-6-11(12-13(18-9)20(5)19-15(12)23)14(22)17-8-16(3,4)7-10(2)21/h6,10,21H,7-8H2,1-5H3,(H,17,22)(H,19,23). The van der Waals surface area contributed by atoms with Crippen LogP contribution in [-0.4, -0.2) is 38.4 Å². The van der Waals surface area contributed by atoms with E-state index in [2.05, 4.69) is 15.4 Å². The van der Waals surface area contributed by atoms with Crippen molar-refractivity contribution in [3.05, 3.63) is 27.7 Å². The number of H-pyrrole nitrogens is 1. The smallest absolute Gasteiger partial charge is 0.274 e. The third-order valence-corrected chi connectivity index (χ3v) is 3.76. The Morgan fingerprint density at radius 1 is 1.52 bits per heavy atom. The number of aliphatic hydroxyl groups is 1. The highest BCUT2D eigenvalue weighted by Crippen LogP contribution is 2.22. The first-order valence-electron chi connectivity index (χ1n) is 7.63. The molecule has 2 heterocycles. The second-order valence-corrected chi connectivity index (χ2v) is 6.91. The van der Waals surface area contributed by atoms with Gasteiger partial charge in [0, 0.05) is 19.3 Å². The highest BCUT2D eigenvalue weighted by molar-refractivity contribution is 6.05. The van der Waals surface area contributed by atoms with Gasteiger partial charge in [0.05, 0.1) is 17.1 Å². The second-order valence-electron chi connectivity index (χ2n) is 6.91. The molecule has 0 saturated heterocycles. The molecule has 3 N–H and O–H groups in total. The minimum atomic E-state index is -0.436. The van der Waals surface area contributed by atoms with Gasteiger partial charge in [0.2, 0.25) is 0 Å². The summed E-state index contributed by atoms with van der Waals surface area (Å²) in [6.45, 7) is 7.86. The van der Waals surface area contributed by atoms with Crippen LogP contribution in [0.25, 0.3) is 11.0 Å². The molecule has 1 amide bonds. The van der Waals surface area contributed by atoms with Crippen molar-refractivity contribution in [3.63, 3.8) is 0 Å². The lowest BCUT2D eigenvalue weighted by molar-refractivity contribution is 0.0903. The van der Waals surface area contributed by atoms with Gasteiger partial charge in [-0.3, -0.25) is 19.4 Å². The minimum Gasteiger partial charge on any atom is -0.393 e. The van der Waals surface area contributed by atoms with Gasteiger partial charge in [-0.2, -0.15) is 0 Å². The van der Waals surface area contributed by atoms with Crippen LogP contribution >= 0.6 is 0 Å². The number of carbonyl (C=O) groups is 1. The number of aromatic nitrogens is 3. The van der Waals surface area contributed by atoms with Gasteiger partial charge in [-0.25, -0.2) is 4.98 Å². The number of nitrogens with zero attached hydrogens (tertiary/aromatic N) is 2. The SMILES string of the molecule is Cc1cc(C(=O)NCC(C)(C)CC(C)O)c2c(=O)[nH]n(C)c2n1. The molecule has 23 heavy (non-hydrogen) atoms. The summed E-state index contributed by atoms with van der Waals surface area (Å²) < 4.78 is 1.51. The molecular formula is C16H24N4O3. The van der Waals surface area contributed by atoms with Gasteiger partial charge in [0.1, 0.15) is 0 Å². The fraction of sp³-hybridized carbons (Fsp3) is 0.562. The monoisotopic (exact) mass is 320 g/mol. The van der Waals surface area contributed by atoms with Crippen molar-refractivity contribution in [2.75, 3.05) is 6.54 Å². The lowest BCUT2D eigenvalue weighted by atomic mass is 9.87. The van der Waals surface area contributed by atoms with E-state index < -0.39 is 6.10 Å². The molecule has 7 nitrogen and oxygen atoms in total. The molecule has 0 aromatic carbocycles. The zero-order valence-corrected chi connectivity index (χ0v) is 14.2. The Bertz CT molecular complexity index is 786. The Labute approximate surface area is 134 Å². The van der Waals surface area contributed by atoms with Crippen molar-refractivity contribution in [3.8, 4) is 0 Å². The second kappa shape index (κ2) is 6.16. The van der Waals surface area contributed by atoms with Crippen LogP contribution in [0, 0.1) is 12.3 Å². The summed E-state index contributed by atoms with van der Waals surface area (Å²) in [5.41, 5.74) is 0.878. The molecule has 0 spiro atoms. The number of aromatic amines is 1. The number of aryl methyl sites for hydroxylation is 2. The Morgan fingerprint density at radius 3 is 2.78 bits per heavy atom. The maximum absolute atomic E-state index is 12.5. The van der Waals surface area contributed by atoms with E-state index in [1.807, 2.05) is 13.8 Å². The zero-order chi connectivity index (χ0) is 17.4. The average Bonchev–Trinajstić information content (AvgIpc) is 2.69. The molecule has 2 aromatic rings. The van der Waals surface area contributed by atoms with Crippen LogP contribution < -0.4 is 10.9 Å². The normalized spacial score (nSPS) is 13.3. The van der Waals surface area contributed by atoms with Crippen molar-refractivity contribution in [2.24, 2.45) is 12.5 Å². The molecule has 2 rings (SSSR count). The lowest BCUT2D eigenvalue weighted by Crippen LogP contribution is -2.36. The summed E-state index contributed by atoms with van der Waals surface area (Å²) in [7, 11) is 1.68. The highest BCUT2D eigenvalue weighted by Gasteiger charge is 2.23. The molecule has 2 aromatic heterocycles. The molecule has 0 radical (unpaired) electrons. The van der Waals surface area contributed by atoms with Crippen LogP contribution in [0.15, 0.2) is 10.9 Å². The highest BCUT2D eigenvalue weighted by atomic mass is 16.3. The number of pyridine rings is 1. The Morgan fingerprint density at radius 2 is 2.17 bits per heavy atom. The topological polar surface area (TPSA) is 100 Å². The van der Waals surface area contributed by atoms with Crippen LogP contribution in [0.1, 0.15) is 43.2 Å². The summed E-state index contributed by atoms with van der Waals surface area (Å²) in [5, 5.41) is 15.3. The van der Waals surface area contributed by atoms with E-state index in [9.17, 15) is 14.7 Å². The predicted octanol–water partition coefficient (Wildman–Crippen LogP) is 1.10. The summed E-state index contributed by atoms with van der Waals surface area (Å²) in [5.74, 6) is -0.309. The van der Waals surface area contributed by atoms with Crippen molar-refractivity contribution < 1.29 is 9.90 Å². The number of amides is 1. The first-order chi connectivity index (χ1) is 10.6. The van der Waals surface area contributed by atoms with Gasteiger partial charge in [0.25, 0.3) is 11.5 Å². The quantitative estimate of drug-likeness (QED) is 0.768. The molecule has 126 valence electrons. The van der Waals surface area contributed by atoms with Gasteiger partial charge < -0.3 is 10.4 Å². The maximum Gasteiger partial charge on any atom is 0.274 e. The summed E-state index contributed by atoms with van der Waals surface area (Å²) in [6, 6.07) is 1.62. The molecule has 0 bridgehead atoms. The fourth-order valence-electron chi connectivity index (χ4n) is 2.85. The first-order valence-corrected chi connectivity index (χ1v) is 7.63. The van der Waals surface area contributed by atoms with E-state index in [1.54, 1.807) is 27.0 Å². The predicted molar refractivity (Wildman–Crippen MR) is 88.5 cm³/mol. The van der Waals surface area contributed by atoms with Crippen molar-refractivity contribution in [2.45, 2.75) is 40.2 Å². The first kappa shape index (κ1) is 17.2. The van der Waals surface area contributed by atoms with Crippen LogP contribution in [0.4, 0.5) is 0 Å². The van der Waals surface area contributed by atoms with Gasteiger partial charge in [-0.1, -0.05) is 13.8 Å². The third-order valence-electron chi connectivity index (χ3n) is 3.76. The number of hydrogen-bond acceptors (Lipinski definition) is 4. The Balaban J connectivity index is 2.30. The van der Waals surface area contributed by atoms with E-state index in [0.29, 0.717) is 35.3 Å². The molecular weight excluding hydrogens is 296 g/mol. The summed E-state index contributed by atoms with van der Waals surface area (Å²) >= 11 is 0. The van der Waals surface area contributed by atoms with E-state index in [0.717, 1.165) is 0 Å². The fourth-order valence-corrected chi connectivity index (χ4v) is 2.85. The minimum absolute atomic E-state index is 0.242. The molecule has 0 fully saturated rings. The van der Waals surface area contributed by atoms with Crippen LogP contribution in [0.5, 0.6) is 0 Å². The molecule has 1 unspecified atom stereocenters. The van der Waals surface area contributed by atoms with E-state index in [-0.39, 0.29) is 16.9 Å². The molecule has 0 aliphatic rings. The van der Waals surface area contributed by atoms with Crippen LogP contribution in [0.3, 0.4) is 0 Å². The number of rotatable bonds is 5. The molecule has 0 saturated carbocycles. The lowest BCUT2D eigenvalue weighted by Gasteiger charge is -2.26. The average molecular weight is 320 g/mol. The van der Waals surface area contributed by atoms with Gasteiger partial charge in [-0.05, 0) is 31.7 Å². The van der Waals surface area contributed by atoms with Crippen molar-refractivity contribution >= 4 is 16.9 Å². The molecule has 1 atom stereocenters. The van der Waals surface area contributed by atoms with Gasteiger partial charge in [-0.15, -0.1) is 0 Å². The number of hydrogen-bond donors (Lipinski definition) is 3. The zero-order valence-electron chi connectivity index (χ0n) is 14.2. The van der Waals surface area contributed by atoms with Gasteiger partial charge >= 0.3 is 0 Å². The Kier molecular flexibility index (Phi) is 4.61. The molecule has 7 heteroatoms. The number of aliphatic hydroxyl groups excluding tert-OH is 1. The summed E-state index contributed by atoms with van der Waals surface area (Å²) in [4.78, 5) is 28.9. The van der Waals surface area contributed by atoms with Crippen molar-refractivity contribution in [1.82, 2.24) is 20.1 Å². The van der Waals surface area contributed by atoms with E-state index in [1.165, 1.54) is 4.68 Å². The van der Waals surface area contributed by atoms with E-state index in [4.69, 9.17) is 0 Å². The number of fused-ring (bicyclic) bond motifs is 1.